The molecule has 0 unspecified atom stereocenters. The highest BCUT2D eigenvalue weighted by Crippen LogP contribution is 2.35. The summed E-state index contributed by atoms with van der Waals surface area (Å²) in [5.41, 5.74) is 5.94. The highest BCUT2D eigenvalue weighted by Gasteiger charge is 2.36. The molecule has 0 aliphatic carbocycles. The van der Waals surface area contributed by atoms with E-state index >= 15 is 0 Å². The summed E-state index contributed by atoms with van der Waals surface area (Å²) >= 11 is 0. The van der Waals surface area contributed by atoms with Crippen molar-refractivity contribution in [3.8, 4) is 5.75 Å². The van der Waals surface area contributed by atoms with Gasteiger partial charge in [-0.05, 0) is 12.1 Å². The van der Waals surface area contributed by atoms with Gasteiger partial charge in [-0.2, -0.15) is 13.2 Å². The fourth-order valence-electron chi connectivity index (χ4n) is 1.57. The molecule has 1 heterocycles. The Morgan fingerprint density at radius 3 is 2.76 bits per heavy atom. The molecule has 92 valence electrons. The molecule has 0 saturated carbocycles. The molecule has 17 heavy (non-hydrogen) atoms. The van der Waals surface area contributed by atoms with Crippen LogP contribution in [0.1, 0.15) is 0 Å². The van der Waals surface area contributed by atoms with E-state index in [4.69, 9.17) is 10.5 Å². The number of nitrogens with zero attached hydrogens (tertiary/aromatic N) is 1. The fraction of sp³-hybridized carbons (Fsp3) is 0.300. The largest absolute Gasteiger partial charge is 0.481 e. The Hall–Kier alpha value is -1.92. The summed E-state index contributed by atoms with van der Waals surface area (Å²) in [6, 6.07) is 4.16. The Balaban J connectivity index is 2.37. The maximum Gasteiger partial charge on any atom is 0.406 e. The van der Waals surface area contributed by atoms with E-state index in [2.05, 4.69) is 0 Å². The standard InChI is InChI=1S/C10H9F3N2O2/c11-10(12,13)5-15-7-2-1-6(14)3-8(7)17-4-9(15)16/h1-3H,4-5,14H2. The van der Waals surface area contributed by atoms with Crippen LogP contribution in [0.15, 0.2) is 18.2 Å². The first-order valence-electron chi connectivity index (χ1n) is 4.76. The zero-order valence-electron chi connectivity index (χ0n) is 8.62. The van der Waals surface area contributed by atoms with Crippen LogP contribution in [0.5, 0.6) is 5.75 Å². The SMILES string of the molecule is Nc1ccc2c(c1)OCC(=O)N2CC(F)(F)F. The molecule has 0 spiro atoms. The second kappa shape index (κ2) is 3.83. The zero-order valence-corrected chi connectivity index (χ0v) is 8.62. The van der Waals surface area contributed by atoms with Crippen molar-refractivity contribution >= 4 is 17.3 Å². The van der Waals surface area contributed by atoms with Crippen molar-refractivity contribution in [1.82, 2.24) is 0 Å². The molecule has 1 aromatic rings. The van der Waals surface area contributed by atoms with Gasteiger partial charge in [0.2, 0.25) is 0 Å². The van der Waals surface area contributed by atoms with Crippen LogP contribution < -0.4 is 15.4 Å². The number of benzene rings is 1. The highest BCUT2D eigenvalue weighted by molar-refractivity contribution is 5.98. The molecule has 1 amide bonds. The van der Waals surface area contributed by atoms with Gasteiger partial charge in [0.1, 0.15) is 12.3 Å². The normalized spacial score (nSPS) is 15.5. The maximum atomic E-state index is 12.3. The summed E-state index contributed by atoms with van der Waals surface area (Å²) in [6.45, 7) is -1.74. The average molecular weight is 246 g/mol. The molecular weight excluding hydrogens is 237 g/mol. The second-order valence-corrected chi connectivity index (χ2v) is 3.61. The predicted octanol–water partition coefficient (Wildman–Crippen LogP) is 1.56. The molecule has 0 atom stereocenters. The van der Waals surface area contributed by atoms with Gasteiger partial charge >= 0.3 is 6.18 Å². The maximum absolute atomic E-state index is 12.3. The molecule has 0 bridgehead atoms. The second-order valence-electron chi connectivity index (χ2n) is 3.61. The van der Waals surface area contributed by atoms with E-state index in [0.717, 1.165) is 0 Å². The molecule has 0 fully saturated rings. The Kier molecular flexibility index (Phi) is 2.60. The summed E-state index contributed by atoms with van der Waals surface area (Å²) in [7, 11) is 0. The molecule has 0 saturated heterocycles. The lowest BCUT2D eigenvalue weighted by atomic mass is 10.2. The lowest BCUT2D eigenvalue weighted by molar-refractivity contribution is -0.134. The van der Waals surface area contributed by atoms with Gasteiger partial charge in [-0.25, -0.2) is 0 Å². The van der Waals surface area contributed by atoms with Gasteiger partial charge in [0.25, 0.3) is 5.91 Å². The first-order valence-corrected chi connectivity index (χ1v) is 4.76. The first-order chi connectivity index (χ1) is 7.87. The van der Waals surface area contributed by atoms with E-state index in [-0.39, 0.29) is 11.4 Å². The van der Waals surface area contributed by atoms with Crippen molar-refractivity contribution in [3.05, 3.63) is 18.2 Å². The molecule has 1 aromatic carbocycles. The number of nitrogen functional groups attached to an aromatic ring is 1. The molecule has 4 nitrogen and oxygen atoms in total. The van der Waals surface area contributed by atoms with E-state index in [9.17, 15) is 18.0 Å². The van der Waals surface area contributed by atoms with Gasteiger partial charge < -0.3 is 10.5 Å². The monoisotopic (exact) mass is 246 g/mol. The zero-order chi connectivity index (χ0) is 12.6. The Morgan fingerprint density at radius 2 is 2.12 bits per heavy atom. The van der Waals surface area contributed by atoms with Gasteiger partial charge in [0.15, 0.2) is 6.61 Å². The van der Waals surface area contributed by atoms with Gasteiger partial charge in [-0.3, -0.25) is 9.69 Å². The number of ether oxygens (including phenoxy) is 1. The third-order valence-electron chi connectivity index (χ3n) is 2.26. The van der Waals surface area contributed by atoms with Crippen LogP contribution in [0.25, 0.3) is 0 Å². The number of rotatable bonds is 1. The summed E-state index contributed by atoms with van der Waals surface area (Å²) in [5, 5.41) is 0. The van der Waals surface area contributed by atoms with Crippen LogP contribution in [0.4, 0.5) is 24.5 Å². The molecule has 7 heteroatoms. The average Bonchev–Trinajstić information content (AvgIpc) is 2.21. The summed E-state index contributed by atoms with van der Waals surface area (Å²) in [6.07, 6.45) is -4.45. The predicted molar refractivity (Wildman–Crippen MR) is 54.8 cm³/mol. The lowest BCUT2D eigenvalue weighted by Gasteiger charge is -2.30. The first kappa shape index (κ1) is 11.6. The van der Waals surface area contributed by atoms with E-state index < -0.39 is 25.2 Å². The number of halogens is 3. The number of nitrogens with two attached hydrogens (primary N) is 1. The third kappa shape index (κ3) is 2.43. The van der Waals surface area contributed by atoms with Crippen molar-refractivity contribution < 1.29 is 22.7 Å². The van der Waals surface area contributed by atoms with E-state index in [1.807, 2.05) is 0 Å². The number of hydrogen-bond donors (Lipinski definition) is 1. The van der Waals surface area contributed by atoms with Crippen molar-refractivity contribution in [1.29, 1.82) is 0 Å². The van der Waals surface area contributed by atoms with Crippen molar-refractivity contribution in [3.63, 3.8) is 0 Å². The molecule has 0 radical (unpaired) electrons. The molecular formula is C10H9F3N2O2. The number of carbonyl (C=O) groups is 1. The quantitative estimate of drug-likeness (QED) is 0.765. The summed E-state index contributed by atoms with van der Waals surface area (Å²) in [4.78, 5) is 12.0. The summed E-state index contributed by atoms with van der Waals surface area (Å²) < 4.78 is 42.0. The molecule has 1 aliphatic heterocycles. The Bertz CT molecular complexity index is 459. The van der Waals surface area contributed by atoms with Crippen LogP contribution in [-0.2, 0) is 4.79 Å². The molecule has 2 rings (SSSR count). The molecule has 1 aliphatic rings. The van der Waals surface area contributed by atoms with Crippen molar-refractivity contribution in [2.75, 3.05) is 23.8 Å². The van der Waals surface area contributed by atoms with Crippen LogP contribution in [0, 0.1) is 0 Å². The van der Waals surface area contributed by atoms with Crippen LogP contribution >= 0.6 is 0 Å². The number of carbonyl (C=O) groups excluding carboxylic acids is 1. The minimum absolute atomic E-state index is 0.0905. The van der Waals surface area contributed by atoms with Crippen LogP contribution in [0.2, 0.25) is 0 Å². The molecule has 2 N–H and O–H groups in total. The highest BCUT2D eigenvalue weighted by atomic mass is 19.4. The van der Waals surface area contributed by atoms with E-state index in [1.165, 1.54) is 18.2 Å². The number of hydrogen-bond acceptors (Lipinski definition) is 3. The minimum Gasteiger partial charge on any atom is -0.481 e. The Morgan fingerprint density at radius 1 is 1.41 bits per heavy atom. The van der Waals surface area contributed by atoms with E-state index in [1.54, 1.807) is 0 Å². The summed E-state index contributed by atoms with van der Waals surface area (Å²) in [5.74, 6) is -0.534. The van der Waals surface area contributed by atoms with Gasteiger partial charge in [-0.1, -0.05) is 0 Å². The minimum atomic E-state index is -4.45. The number of anilines is 2. The topological polar surface area (TPSA) is 55.6 Å². The van der Waals surface area contributed by atoms with Crippen LogP contribution in [0.3, 0.4) is 0 Å². The van der Waals surface area contributed by atoms with Gasteiger partial charge in [0, 0.05) is 11.8 Å². The number of fused-ring (bicyclic) bond motifs is 1. The smallest absolute Gasteiger partial charge is 0.406 e. The van der Waals surface area contributed by atoms with Crippen molar-refractivity contribution in [2.24, 2.45) is 0 Å². The van der Waals surface area contributed by atoms with Gasteiger partial charge in [0.05, 0.1) is 5.69 Å². The molecule has 0 aromatic heterocycles. The van der Waals surface area contributed by atoms with Gasteiger partial charge in [-0.15, -0.1) is 0 Å². The number of amides is 1. The van der Waals surface area contributed by atoms with Crippen LogP contribution in [-0.4, -0.2) is 25.2 Å². The van der Waals surface area contributed by atoms with Crippen molar-refractivity contribution in [2.45, 2.75) is 6.18 Å². The van der Waals surface area contributed by atoms with E-state index in [0.29, 0.717) is 10.6 Å². The fourth-order valence-corrected chi connectivity index (χ4v) is 1.57. The number of alkyl halides is 3. The Labute approximate surface area is 94.8 Å². The lowest BCUT2D eigenvalue weighted by Crippen LogP contribution is -2.44. The third-order valence-corrected chi connectivity index (χ3v) is 2.26.